The van der Waals surface area contributed by atoms with E-state index in [1.165, 1.54) is 0 Å². The number of alkyl halides is 2. The summed E-state index contributed by atoms with van der Waals surface area (Å²) in [7, 11) is 0. The molecule has 7 aliphatic rings. The van der Waals surface area contributed by atoms with Crippen molar-refractivity contribution in [3.8, 4) is 0 Å². The van der Waals surface area contributed by atoms with E-state index < -0.39 is 5.79 Å². The van der Waals surface area contributed by atoms with Crippen molar-refractivity contribution in [1.82, 2.24) is 0 Å². The summed E-state index contributed by atoms with van der Waals surface area (Å²) in [5.74, 6) is 2.50. The zero-order chi connectivity index (χ0) is 11.4. The Morgan fingerprint density at radius 1 is 1.00 bits per heavy atom. The summed E-state index contributed by atoms with van der Waals surface area (Å²) in [5.41, 5.74) is 0. The molecule has 4 bridgehead atoms. The maximum absolute atomic E-state index is 12.5. The summed E-state index contributed by atoms with van der Waals surface area (Å²) >= 11 is 7.73. The Morgan fingerprint density at radius 2 is 1.65 bits per heavy atom. The molecule has 0 unspecified atom stereocenters. The van der Waals surface area contributed by atoms with Gasteiger partial charge in [-0.25, -0.2) is 0 Å². The maximum Gasteiger partial charge on any atom is 0.188 e. The third-order valence-corrected chi connectivity index (χ3v) is 9.69. The Bertz CT molecular complexity index is 516. The second-order valence-corrected chi connectivity index (χ2v) is 9.04. The van der Waals surface area contributed by atoms with E-state index in [1.807, 2.05) is 0 Å². The molecule has 1 heterocycles. The van der Waals surface area contributed by atoms with E-state index in [2.05, 4.69) is 31.9 Å². The van der Waals surface area contributed by atoms with Crippen LogP contribution in [0.15, 0.2) is 0 Å². The average Bonchev–Trinajstić information content (AvgIpc) is 2.96. The zero-order valence-corrected chi connectivity index (χ0v) is 12.0. The van der Waals surface area contributed by atoms with Gasteiger partial charge in [0.25, 0.3) is 0 Å². The van der Waals surface area contributed by atoms with E-state index in [4.69, 9.17) is 9.47 Å². The Kier molecular flexibility index (Phi) is 1.17. The van der Waals surface area contributed by atoms with Gasteiger partial charge in [-0.2, -0.15) is 0 Å². The van der Waals surface area contributed by atoms with Gasteiger partial charge in [0.2, 0.25) is 0 Å². The van der Waals surface area contributed by atoms with Crippen LogP contribution in [0.25, 0.3) is 0 Å². The third-order valence-electron chi connectivity index (χ3n) is 6.63. The van der Waals surface area contributed by atoms with Crippen molar-refractivity contribution < 1.29 is 14.3 Å². The van der Waals surface area contributed by atoms with E-state index >= 15 is 0 Å². The van der Waals surface area contributed by atoms with Gasteiger partial charge in [-0.15, -0.1) is 0 Å². The predicted octanol–water partition coefficient (Wildman–Crippen LogP) is 1.33. The molecule has 17 heavy (non-hydrogen) atoms. The molecule has 90 valence electrons. The van der Waals surface area contributed by atoms with Crippen molar-refractivity contribution in [3.05, 3.63) is 0 Å². The first-order valence-electron chi connectivity index (χ1n) is 6.30. The molecular formula is C12H10Br2O3. The SMILES string of the molecule is O=C1[C@@H]2[C@@H]3[C@H]4[C@@H]5[C@@H]([C@H]2[C@]5(Br)C32OCCO2)[C@@]14Br. The highest BCUT2D eigenvalue weighted by atomic mass is 79.9. The number of ketones is 1. The van der Waals surface area contributed by atoms with Gasteiger partial charge in [0.15, 0.2) is 11.6 Å². The highest BCUT2D eigenvalue weighted by Gasteiger charge is 3.04. The number of carbonyl (C=O) groups is 1. The van der Waals surface area contributed by atoms with Crippen LogP contribution in [0, 0.1) is 35.5 Å². The summed E-state index contributed by atoms with van der Waals surface area (Å²) in [4.78, 5) is 12.5. The van der Waals surface area contributed by atoms with Gasteiger partial charge >= 0.3 is 0 Å². The first-order valence-corrected chi connectivity index (χ1v) is 7.89. The maximum atomic E-state index is 12.5. The number of rotatable bonds is 0. The van der Waals surface area contributed by atoms with Crippen LogP contribution in [-0.2, 0) is 14.3 Å². The number of carbonyl (C=O) groups excluding carboxylic acids is 1. The minimum absolute atomic E-state index is 0.0510. The molecule has 7 rings (SSSR count). The van der Waals surface area contributed by atoms with E-state index in [1.54, 1.807) is 0 Å². The lowest BCUT2D eigenvalue weighted by Crippen LogP contribution is -2.75. The molecule has 8 atom stereocenters. The second-order valence-electron chi connectivity index (χ2n) is 6.42. The molecular weight excluding hydrogens is 352 g/mol. The van der Waals surface area contributed by atoms with Gasteiger partial charge in [-0.05, 0) is 23.7 Å². The summed E-state index contributed by atoms with van der Waals surface area (Å²) < 4.78 is 11.8. The molecule has 0 N–H and O–H groups in total. The van der Waals surface area contributed by atoms with Crippen molar-refractivity contribution >= 4 is 37.6 Å². The first-order chi connectivity index (χ1) is 8.10. The van der Waals surface area contributed by atoms with Crippen molar-refractivity contribution in [2.75, 3.05) is 13.2 Å². The zero-order valence-electron chi connectivity index (χ0n) is 8.86. The van der Waals surface area contributed by atoms with Crippen molar-refractivity contribution in [2.45, 2.75) is 14.4 Å². The van der Waals surface area contributed by atoms with Crippen LogP contribution < -0.4 is 0 Å². The molecule has 7 fully saturated rings. The molecule has 0 aromatic rings. The highest BCUT2D eigenvalue weighted by Crippen LogP contribution is 2.96. The molecule has 6 saturated carbocycles. The fourth-order valence-electron chi connectivity index (χ4n) is 6.58. The molecule has 6 aliphatic carbocycles. The highest BCUT2D eigenvalue weighted by molar-refractivity contribution is 9.10. The lowest BCUT2D eigenvalue weighted by atomic mass is 9.40. The summed E-state index contributed by atoms with van der Waals surface area (Å²) in [5, 5.41) is 0. The van der Waals surface area contributed by atoms with Crippen molar-refractivity contribution in [2.24, 2.45) is 35.5 Å². The number of ether oxygens (including phenoxy) is 2. The first kappa shape index (κ1) is 9.45. The molecule has 0 aromatic heterocycles. The third kappa shape index (κ3) is 0.514. The fraction of sp³-hybridized carbons (Fsp3) is 0.917. The largest absolute Gasteiger partial charge is 0.346 e. The second kappa shape index (κ2) is 2.11. The van der Waals surface area contributed by atoms with Crippen molar-refractivity contribution in [3.63, 3.8) is 0 Å². The van der Waals surface area contributed by atoms with Crippen LogP contribution in [-0.4, -0.2) is 33.4 Å². The van der Waals surface area contributed by atoms with Crippen LogP contribution >= 0.6 is 31.9 Å². The number of hydrogen-bond donors (Lipinski definition) is 0. The molecule has 3 nitrogen and oxygen atoms in total. The van der Waals surface area contributed by atoms with E-state index in [-0.39, 0.29) is 14.6 Å². The van der Waals surface area contributed by atoms with Crippen LogP contribution in [0.5, 0.6) is 0 Å². The molecule has 0 amide bonds. The monoisotopic (exact) mass is 360 g/mol. The van der Waals surface area contributed by atoms with Gasteiger partial charge in [0.05, 0.1) is 21.9 Å². The van der Waals surface area contributed by atoms with E-state index in [0.29, 0.717) is 48.6 Å². The molecule has 5 heteroatoms. The number of halogens is 2. The molecule has 0 aromatic carbocycles. The minimum Gasteiger partial charge on any atom is -0.346 e. The van der Waals surface area contributed by atoms with Crippen molar-refractivity contribution in [1.29, 1.82) is 0 Å². The minimum atomic E-state index is -0.476. The topological polar surface area (TPSA) is 35.5 Å². The van der Waals surface area contributed by atoms with Gasteiger partial charge in [0.1, 0.15) is 0 Å². The van der Waals surface area contributed by atoms with E-state index in [9.17, 15) is 4.79 Å². The van der Waals surface area contributed by atoms with Crippen LogP contribution in [0.2, 0.25) is 0 Å². The normalized spacial score (nSPS) is 74.6. The van der Waals surface area contributed by atoms with Gasteiger partial charge < -0.3 is 9.47 Å². The van der Waals surface area contributed by atoms with Gasteiger partial charge in [-0.3, -0.25) is 4.79 Å². The van der Waals surface area contributed by atoms with Gasteiger partial charge in [0, 0.05) is 11.8 Å². The summed E-state index contributed by atoms with van der Waals surface area (Å²) in [6, 6.07) is 0. The summed E-state index contributed by atoms with van der Waals surface area (Å²) in [6.45, 7) is 1.35. The molecule has 0 radical (unpaired) electrons. The Labute approximate surface area is 115 Å². The smallest absolute Gasteiger partial charge is 0.188 e. The van der Waals surface area contributed by atoms with E-state index in [0.717, 1.165) is 0 Å². The number of Topliss-reactive ketones (excluding diaryl/α,β-unsaturated/α-hetero) is 1. The number of hydrogen-bond acceptors (Lipinski definition) is 3. The molecule has 1 spiro atoms. The quantitative estimate of drug-likeness (QED) is 0.611. The van der Waals surface area contributed by atoms with Crippen LogP contribution in [0.3, 0.4) is 0 Å². The average molecular weight is 362 g/mol. The lowest BCUT2D eigenvalue weighted by molar-refractivity contribution is -0.199. The van der Waals surface area contributed by atoms with Crippen LogP contribution in [0.1, 0.15) is 0 Å². The Balaban J connectivity index is 1.69. The fourth-order valence-corrected chi connectivity index (χ4v) is 9.62. The molecule has 1 saturated heterocycles. The standard InChI is InChI=1S/C12H10Br2O3/c13-10-6-4-3(9(10)15)5-7(10)8(6)11(4,14)12(5)16-1-2-17-12/h3-8H,1-2H2/t3-,4-,5+,6+,7-,8-,10-,11+/m0/s1. The molecule has 1 aliphatic heterocycles. The van der Waals surface area contributed by atoms with Gasteiger partial charge in [-0.1, -0.05) is 31.9 Å². The van der Waals surface area contributed by atoms with Crippen LogP contribution in [0.4, 0.5) is 0 Å². The summed E-state index contributed by atoms with van der Waals surface area (Å²) in [6.07, 6.45) is 0. The lowest BCUT2D eigenvalue weighted by Gasteiger charge is -2.69. The Morgan fingerprint density at radius 3 is 2.24 bits per heavy atom. The Hall–Kier alpha value is 0.550. The predicted molar refractivity (Wildman–Crippen MR) is 63.9 cm³/mol.